The topological polar surface area (TPSA) is 105 Å². The van der Waals surface area contributed by atoms with Gasteiger partial charge < -0.3 is 15.5 Å². The summed E-state index contributed by atoms with van der Waals surface area (Å²) in [6.07, 6.45) is 2.55. The number of hydrogen-bond acceptors (Lipinski definition) is 5. The van der Waals surface area contributed by atoms with Gasteiger partial charge in [-0.15, -0.1) is 0 Å². The van der Waals surface area contributed by atoms with Crippen molar-refractivity contribution >= 4 is 28.9 Å². The molecule has 1 saturated heterocycles. The standard InChI is InChI=1S/C21H24N4O4/c26-20(3-1-13-22-17-7-11-19(12-8-17)25(28)29)23-15-16-5-9-18(10-6-16)24-14-2-4-21(24)27/h5-12,22H,1-4,13-15H2,(H,23,26). The molecule has 0 aliphatic carbocycles. The molecule has 0 atom stereocenters. The van der Waals surface area contributed by atoms with E-state index in [1.807, 2.05) is 24.3 Å². The summed E-state index contributed by atoms with van der Waals surface area (Å²) >= 11 is 0. The summed E-state index contributed by atoms with van der Waals surface area (Å²) in [6, 6.07) is 13.9. The molecule has 0 spiro atoms. The summed E-state index contributed by atoms with van der Waals surface area (Å²) in [5.74, 6) is 0.127. The number of nitrogens with one attached hydrogen (secondary N) is 2. The number of rotatable bonds is 9. The second kappa shape index (κ2) is 9.68. The van der Waals surface area contributed by atoms with E-state index in [4.69, 9.17) is 0 Å². The molecule has 1 fully saturated rings. The largest absolute Gasteiger partial charge is 0.385 e. The van der Waals surface area contributed by atoms with Crippen molar-refractivity contribution < 1.29 is 14.5 Å². The number of benzene rings is 2. The first-order chi connectivity index (χ1) is 14.0. The SMILES string of the molecule is O=C(CCCNc1ccc([N+](=O)[O-])cc1)NCc1ccc(N2CCCC2=O)cc1. The van der Waals surface area contributed by atoms with Crippen LogP contribution < -0.4 is 15.5 Å². The van der Waals surface area contributed by atoms with Crippen LogP contribution in [0.2, 0.25) is 0 Å². The highest BCUT2D eigenvalue weighted by atomic mass is 16.6. The van der Waals surface area contributed by atoms with E-state index in [1.54, 1.807) is 17.0 Å². The van der Waals surface area contributed by atoms with Gasteiger partial charge in [0.2, 0.25) is 11.8 Å². The van der Waals surface area contributed by atoms with Gasteiger partial charge in [0.25, 0.3) is 5.69 Å². The molecular weight excluding hydrogens is 372 g/mol. The fourth-order valence-corrected chi connectivity index (χ4v) is 3.19. The number of carbonyl (C=O) groups is 2. The minimum absolute atomic E-state index is 0.0331. The molecule has 1 aliphatic rings. The Morgan fingerprint density at radius 3 is 2.45 bits per heavy atom. The molecule has 8 heteroatoms. The van der Waals surface area contributed by atoms with Gasteiger partial charge in [0.05, 0.1) is 4.92 Å². The van der Waals surface area contributed by atoms with Crippen molar-refractivity contribution in [3.8, 4) is 0 Å². The van der Waals surface area contributed by atoms with Crippen LogP contribution in [0.4, 0.5) is 17.1 Å². The zero-order valence-electron chi connectivity index (χ0n) is 16.1. The van der Waals surface area contributed by atoms with E-state index in [9.17, 15) is 19.7 Å². The minimum atomic E-state index is -0.437. The fourth-order valence-electron chi connectivity index (χ4n) is 3.19. The second-order valence-corrected chi connectivity index (χ2v) is 6.93. The number of nitrogens with zero attached hydrogens (tertiary/aromatic N) is 2. The molecule has 1 aliphatic heterocycles. The lowest BCUT2D eigenvalue weighted by atomic mass is 10.2. The van der Waals surface area contributed by atoms with Gasteiger partial charge >= 0.3 is 0 Å². The number of nitro groups is 1. The van der Waals surface area contributed by atoms with Crippen LogP contribution in [-0.4, -0.2) is 29.8 Å². The molecule has 0 radical (unpaired) electrons. The van der Waals surface area contributed by atoms with Crippen LogP contribution in [0, 0.1) is 10.1 Å². The Kier molecular flexibility index (Phi) is 6.78. The maximum absolute atomic E-state index is 12.0. The van der Waals surface area contributed by atoms with Crippen molar-refractivity contribution in [1.82, 2.24) is 5.32 Å². The van der Waals surface area contributed by atoms with Gasteiger partial charge in [-0.2, -0.15) is 0 Å². The number of hydrogen-bond donors (Lipinski definition) is 2. The third kappa shape index (κ3) is 5.78. The Bertz CT molecular complexity index is 865. The van der Waals surface area contributed by atoms with Crippen LogP contribution in [0.1, 0.15) is 31.2 Å². The van der Waals surface area contributed by atoms with E-state index in [2.05, 4.69) is 10.6 Å². The average molecular weight is 396 g/mol. The minimum Gasteiger partial charge on any atom is -0.385 e. The molecule has 152 valence electrons. The van der Waals surface area contributed by atoms with Crippen molar-refractivity contribution in [2.75, 3.05) is 23.3 Å². The second-order valence-electron chi connectivity index (χ2n) is 6.93. The molecule has 1 heterocycles. The van der Waals surface area contributed by atoms with Gasteiger partial charge in [-0.05, 0) is 42.7 Å². The summed E-state index contributed by atoms with van der Waals surface area (Å²) < 4.78 is 0. The van der Waals surface area contributed by atoms with Gasteiger partial charge in [0, 0.05) is 56.0 Å². The van der Waals surface area contributed by atoms with Crippen molar-refractivity contribution in [2.45, 2.75) is 32.2 Å². The Labute approximate surface area is 169 Å². The van der Waals surface area contributed by atoms with Gasteiger partial charge in [-0.1, -0.05) is 12.1 Å². The first-order valence-electron chi connectivity index (χ1n) is 9.67. The lowest BCUT2D eigenvalue weighted by Crippen LogP contribution is -2.24. The average Bonchev–Trinajstić information content (AvgIpc) is 3.16. The van der Waals surface area contributed by atoms with Crippen molar-refractivity contribution in [3.63, 3.8) is 0 Å². The van der Waals surface area contributed by atoms with Crippen LogP contribution in [0.15, 0.2) is 48.5 Å². The third-order valence-electron chi connectivity index (χ3n) is 4.80. The molecule has 2 aromatic rings. The van der Waals surface area contributed by atoms with E-state index in [-0.39, 0.29) is 17.5 Å². The zero-order valence-corrected chi connectivity index (χ0v) is 16.1. The zero-order chi connectivity index (χ0) is 20.6. The van der Waals surface area contributed by atoms with Crippen LogP contribution >= 0.6 is 0 Å². The summed E-state index contributed by atoms with van der Waals surface area (Å²) in [7, 11) is 0. The number of carbonyl (C=O) groups excluding carboxylic acids is 2. The van der Waals surface area contributed by atoms with Crippen LogP contribution in [0.3, 0.4) is 0 Å². The molecule has 8 nitrogen and oxygen atoms in total. The van der Waals surface area contributed by atoms with E-state index in [1.165, 1.54) is 12.1 Å². The predicted molar refractivity (Wildman–Crippen MR) is 111 cm³/mol. The summed E-state index contributed by atoms with van der Waals surface area (Å²) in [5, 5.41) is 16.7. The molecule has 0 bridgehead atoms. The van der Waals surface area contributed by atoms with Gasteiger partial charge in [0.1, 0.15) is 0 Å². The quantitative estimate of drug-likeness (QED) is 0.385. The van der Waals surface area contributed by atoms with E-state index >= 15 is 0 Å². The number of amides is 2. The molecule has 2 N–H and O–H groups in total. The molecule has 0 aromatic heterocycles. The molecular formula is C21H24N4O4. The van der Waals surface area contributed by atoms with Crippen LogP contribution in [-0.2, 0) is 16.1 Å². The maximum atomic E-state index is 12.0. The molecule has 2 aromatic carbocycles. The highest BCUT2D eigenvalue weighted by Gasteiger charge is 2.21. The van der Waals surface area contributed by atoms with E-state index < -0.39 is 4.92 Å². The Morgan fingerprint density at radius 1 is 1.10 bits per heavy atom. The molecule has 0 unspecified atom stereocenters. The van der Waals surface area contributed by atoms with Crippen molar-refractivity contribution in [2.24, 2.45) is 0 Å². The summed E-state index contributed by atoms with van der Waals surface area (Å²) in [6.45, 7) is 1.81. The normalized spacial score (nSPS) is 13.4. The highest BCUT2D eigenvalue weighted by Crippen LogP contribution is 2.21. The predicted octanol–water partition coefficient (Wildman–Crippen LogP) is 3.23. The first kappa shape index (κ1) is 20.3. The van der Waals surface area contributed by atoms with Crippen LogP contribution in [0.5, 0.6) is 0 Å². The van der Waals surface area contributed by atoms with Gasteiger partial charge in [0.15, 0.2) is 0 Å². The van der Waals surface area contributed by atoms with Crippen LogP contribution in [0.25, 0.3) is 0 Å². The number of anilines is 2. The molecule has 29 heavy (non-hydrogen) atoms. The Hall–Kier alpha value is -3.42. The molecule has 0 saturated carbocycles. The van der Waals surface area contributed by atoms with Crippen molar-refractivity contribution in [1.29, 1.82) is 0 Å². The fraction of sp³-hybridized carbons (Fsp3) is 0.333. The molecule has 3 rings (SSSR count). The third-order valence-corrected chi connectivity index (χ3v) is 4.80. The summed E-state index contributed by atoms with van der Waals surface area (Å²) in [5.41, 5.74) is 2.72. The molecule has 2 amide bonds. The lowest BCUT2D eigenvalue weighted by molar-refractivity contribution is -0.384. The van der Waals surface area contributed by atoms with Crippen molar-refractivity contribution in [3.05, 3.63) is 64.2 Å². The highest BCUT2D eigenvalue weighted by molar-refractivity contribution is 5.95. The number of nitro benzene ring substituents is 1. The van der Waals surface area contributed by atoms with E-state index in [0.29, 0.717) is 32.4 Å². The number of non-ortho nitro benzene ring substituents is 1. The van der Waals surface area contributed by atoms with E-state index in [0.717, 1.165) is 29.9 Å². The Morgan fingerprint density at radius 2 is 1.83 bits per heavy atom. The van der Waals surface area contributed by atoms with Gasteiger partial charge in [-0.3, -0.25) is 19.7 Å². The summed E-state index contributed by atoms with van der Waals surface area (Å²) in [4.78, 5) is 35.8. The lowest BCUT2D eigenvalue weighted by Gasteiger charge is -2.16. The van der Waals surface area contributed by atoms with Gasteiger partial charge in [-0.25, -0.2) is 0 Å². The Balaban J connectivity index is 1.34. The smallest absolute Gasteiger partial charge is 0.269 e. The maximum Gasteiger partial charge on any atom is 0.269 e. The first-order valence-corrected chi connectivity index (χ1v) is 9.67. The monoisotopic (exact) mass is 396 g/mol.